The van der Waals surface area contributed by atoms with Crippen LogP contribution in [0.5, 0.6) is 0 Å². The summed E-state index contributed by atoms with van der Waals surface area (Å²) >= 11 is 0. The highest BCUT2D eigenvalue weighted by atomic mass is 16.2. The molecule has 2 heterocycles. The maximum atomic E-state index is 12.1. The second-order valence-corrected chi connectivity index (χ2v) is 6.52. The van der Waals surface area contributed by atoms with Crippen LogP contribution >= 0.6 is 0 Å². The van der Waals surface area contributed by atoms with Gasteiger partial charge in [-0.1, -0.05) is 13.8 Å². The first-order chi connectivity index (χ1) is 11.0. The van der Waals surface area contributed by atoms with Crippen LogP contribution in [-0.4, -0.2) is 41.5 Å². The monoisotopic (exact) mass is 318 g/mol. The number of hydrogen-bond acceptors (Lipinski definition) is 3. The highest BCUT2D eigenvalue weighted by Gasteiger charge is 2.25. The number of hydrogen-bond donors (Lipinski definition) is 2. The number of likely N-dealkylation sites (tertiary alicyclic amines) is 1. The second-order valence-electron chi connectivity index (χ2n) is 6.52. The molecule has 23 heavy (non-hydrogen) atoms. The summed E-state index contributed by atoms with van der Waals surface area (Å²) < 4.78 is 0. The quantitative estimate of drug-likeness (QED) is 0.876. The molecule has 6 nitrogen and oxygen atoms in total. The number of rotatable bonds is 5. The third-order valence-electron chi connectivity index (χ3n) is 3.91. The minimum absolute atomic E-state index is 0.00867. The van der Waals surface area contributed by atoms with E-state index in [4.69, 9.17) is 0 Å². The van der Waals surface area contributed by atoms with E-state index in [1.54, 1.807) is 24.5 Å². The standard InChI is InChI=1S/C17H26N4O2/c1-13(2)11-19-17(23)21-9-3-4-14(12-21)10-16(22)20-15-5-7-18-8-6-15/h5-8,13-14H,3-4,9-12H2,1-2H3,(H,19,23)(H,18,20,22)/t14-/m0/s1. The van der Waals surface area contributed by atoms with Crippen molar-refractivity contribution in [3.8, 4) is 0 Å². The molecule has 0 bridgehead atoms. The van der Waals surface area contributed by atoms with Crippen molar-refractivity contribution >= 4 is 17.6 Å². The van der Waals surface area contributed by atoms with E-state index in [2.05, 4.69) is 29.5 Å². The number of pyridine rings is 1. The van der Waals surface area contributed by atoms with Crippen LogP contribution in [0.15, 0.2) is 24.5 Å². The predicted molar refractivity (Wildman–Crippen MR) is 90.0 cm³/mol. The number of carbonyl (C=O) groups is 2. The fraction of sp³-hybridized carbons (Fsp3) is 0.588. The van der Waals surface area contributed by atoms with Crippen molar-refractivity contribution in [3.05, 3.63) is 24.5 Å². The Hall–Kier alpha value is -2.11. The van der Waals surface area contributed by atoms with E-state index in [9.17, 15) is 9.59 Å². The Bertz CT molecular complexity index is 519. The van der Waals surface area contributed by atoms with Crippen LogP contribution in [0, 0.1) is 11.8 Å². The summed E-state index contributed by atoms with van der Waals surface area (Å²) in [5.41, 5.74) is 0.757. The molecule has 1 aromatic heterocycles. The average molecular weight is 318 g/mol. The average Bonchev–Trinajstić information content (AvgIpc) is 2.53. The normalized spacial score (nSPS) is 17.9. The summed E-state index contributed by atoms with van der Waals surface area (Å²) in [6.45, 7) is 6.24. The first-order valence-electron chi connectivity index (χ1n) is 8.27. The van der Waals surface area contributed by atoms with Crippen molar-refractivity contribution in [1.82, 2.24) is 15.2 Å². The summed E-state index contributed by atoms with van der Waals surface area (Å²) in [5, 5.41) is 5.82. The minimum Gasteiger partial charge on any atom is -0.338 e. The van der Waals surface area contributed by atoms with E-state index in [1.165, 1.54) is 0 Å². The molecule has 0 spiro atoms. The smallest absolute Gasteiger partial charge is 0.317 e. The fourth-order valence-electron chi connectivity index (χ4n) is 2.73. The molecule has 2 rings (SSSR count). The minimum atomic E-state index is -0.0158. The lowest BCUT2D eigenvalue weighted by atomic mass is 9.94. The van der Waals surface area contributed by atoms with E-state index in [0.29, 0.717) is 25.4 Å². The van der Waals surface area contributed by atoms with Gasteiger partial charge in [-0.05, 0) is 36.8 Å². The lowest BCUT2D eigenvalue weighted by Gasteiger charge is -2.32. The van der Waals surface area contributed by atoms with Gasteiger partial charge in [0.25, 0.3) is 0 Å². The number of piperidine rings is 1. The summed E-state index contributed by atoms with van der Waals surface area (Å²) in [6.07, 6.45) is 5.67. The molecule has 2 N–H and O–H groups in total. The summed E-state index contributed by atoms with van der Waals surface area (Å²) in [7, 11) is 0. The van der Waals surface area contributed by atoms with Gasteiger partial charge in [0.2, 0.25) is 5.91 Å². The molecule has 1 atom stereocenters. The Morgan fingerprint density at radius 1 is 1.35 bits per heavy atom. The van der Waals surface area contributed by atoms with Crippen LogP contribution < -0.4 is 10.6 Å². The number of amides is 3. The zero-order valence-corrected chi connectivity index (χ0v) is 13.9. The number of aromatic nitrogens is 1. The number of nitrogens with one attached hydrogen (secondary N) is 2. The van der Waals surface area contributed by atoms with Gasteiger partial charge in [0.1, 0.15) is 0 Å². The van der Waals surface area contributed by atoms with Gasteiger partial charge in [-0.15, -0.1) is 0 Å². The molecular formula is C17H26N4O2. The van der Waals surface area contributed by atoms with Crippen LogP contribution in [0.4, 0.5) is 10.5 Å². The number of anilines is 1. The van der Waals surface area contributed by atoms with E-state index < -0.39 is 0 Å². The lowest BCUT2D eigenvalue weighted by Crippen LogP contribution is -2.46. The van der Waals surface area contributed by atoms with Gasteiger partial charge >= 0.3 is 6.03 Å². The first-order valence-corrected chi connectivity index (χ1v) is 8.27. The van der Waals surface area contributed by atoms with Gasteiger partial charge in [0, 0.05) is 44.1 Å². The Balaban J connectivity index is 1.79. The Labute approximate surface area is 137 Å². The SMILES string of the molecule is CC(C)CNC(=O)N1CCC[C@@H](CC(=O)Nc2ccncc2)C1. The molecule has 0 aliphatic carbocycles. The summed E-state index contributed by atoms with van der Waals surface area (Å²) in [4.78, 5) is 30.0. The van der Waals surface area contributed by atoms with Crippen molar-refractivity contribution in [1.29, 1.82) is 0 Å². The van der Waals surface area contributed by atoms with Gasteiger partial charge in [-0.3, -0.25) is 9.78 Å². The van der Waals surface area contributed by atoms with Crippen molar-refractivity contribution in [2.75, 3.05) is 25.0 Å². The Morgan fingerprint density at radius 3 is 2.78 bits per heavy atom. The van der Waals surface area contributed by atoms with E-state index >= 15 is 0 Å². The number of carbonyl (C=O) groups excluding carboxylic acids is 2. The van der Waals surface area contributed by atoms with E-state index in [0.717, 1.165) is 25.1 Å². The molecule has 0 saturated carbocycles. The largest absolute Gasteiger partial charge is 0.338 e. The Morgan fingerprint density at radius 2 is 2.09 bits per heavy atom. The number of nitrogens with zero attached hydrogens (tertiary/aromatic N) is 2. The second kappa shape index (κ2) is 8.50. The van der Waals surface area contributed by atoms with Crippen LogP contribution in [-0.2, 0) is 4.79 Å². The number of urea groups is 1. The van der Waals surface area contributed by atoms with Crippen LogP contribution in [0.3, 0.4) is 0 Å². The zero-order chi connectivity index (χ0) is 16.7. The molecule has 1 aliphatic heterocycles. The highest BCUT2D eigenvalue weighted by Crippen LogP contribution is 2.20. The van der Waals surface area contributed by atoms with Crippen LogP contribution in [0.25, 0.3) is 0 Å². The van der Waals surface area contributed by atoms with Crippen LogP contribution in [0.1, 0.15) is 33.1 Å². The van der Waals surface area contributed by atoms with Crippen LogP contribution in [0.2, 0.25) is 0 Å². The Kier molecular flexibility index (Phi) is 6.38. The van der Waals surface area contributed by atoms with Crippen molar-refractivity contribution < 1.29 is 9.59 Å². The molecule has 0 unspecified atom stereocenters. The summed E-state index contributed by atoms with van der Waals surface area (Å²) in [6, 6.07) is 3.52. The van der Waals surface area contributed by atoms with Crippen molar-refractivity contribution in [3.63, 3.8) is 0 Å². The van der Waals surface area contributed by atoms with Crippen molar-refractivity contribution in [2.24, 2.45) is 11.8 Å². The van der Waals surface area contributed by atoms with Gasteiger partial charge in [-0.2, -0.15) is 0 Å². The molecule has 126 valence electrons. The van der Waals surface area contributed by atoms with E-state index in [-0.39, 0.29) is 17.9 Å². The first kappa shape index (κ1) is 17.2. The molecule has 1 fully saturated rings. The third kappa shape index (κ3) is 5.88. The molecule has 6 heteroatoms. The molecule has 1 saturated heterocycles. The van der Waals surface area contributed by atoms with E-state index in [1.807, 2.05) is 4.90 Å². The van der Waals surface area contributed by atoms with Gasteiger partial charge in [0.15, 0.2) is 0 Å². The topological polar surface area (TPSA) is 74.3 Å². The zero-order valence-electron chi connectivity index (χ0n) is 13.9. The molecule has 3 amide bonds. The maximum Gasteiger partial charge on any atom is 0.317 e. The fourth-order valence-corrected chi connectivity index (χ4v) is 2.73. The predicted octanol–water partition coefficient (Wildman–Crippen LogP) is 2.49. The molecule has 0 aromatic carbocycles. The van der Waals surface area contributed by atoms with Gasteiger partial charge < -0.3 is 15.5 Å². The highest BCUT2D eigenvalue weighted by molar-refractivity contribution is 5.90. The van der Waals surface area contributed by atoms with Crippen molar-refractivity contribution in [2.45, 2.75) is 33.1 Å². The third-order valence-corrected chi connectivity index (χ3v) is 3.91. The van der Waals surface area contributed by atoms with Gasteiger partial charge in [0.05, 0.1) is 0 Å². The maximum absolute atomic E-state index is 12.1. The molecule has 1 aliphatic rings. The molecule has 0 radical (unpaired) electrons. The molecular weight excluding hydrogens is 292 g/mol. The lowest BCUT2D eigenvalue weighted by molar-refractivity contribution is -0.117. The summed E-state index contributed by atoms with van der Waals surface area (Å²) in [5.74, 6) is 0.645. The molecule has 1 aromatic rings. The van der Waals surface area contributed by atoms with Gasteiger partial charge in [-0.25, -0.2) is 4.79 Å².